The predicted molar refractivity (Wildman–Crippen MR) is 218 cm³/mol. The molecular formula is C46H78O13. The van der Waals surface area contributed by atoms with Crippen molar-refractivity contribution in [1.29, 1.82) is 0 Å². The average Bonchev–Trinajstić information content (AvgIpc) is 3.17. The lowest BCUT2D eigenvalue weighted by Gasteiger charge is -2.77. The van der Waals surface area contributed by atoms with E-state index in [9.17, 15) is 35.7 Å². The zero-order valence-electron chi connectivity index (χ0n) is 37.5. The van der Waals surface area contributed by atoms with Crippen LogP contribution < -0.4 is 0 Å². The van der Waals surface area contributed by atoms with Crippen molar-refractivity contribution in [3.8, 4) is 0 Å². The van der Waals surface area contributed by atoms with Crippen molar-refractivity contribution in [2.75, 3.05) is 26.9 Å². The zero-order valence-corrected chi connectivity index (χ0v) is 37.5. The summed E-state index contributed by atoms with van der Waals surface area (Å²) in [4.78, 5) is 0. The van der Waals surface area contributed by atoms with Crippen LogP contribution in [0.15, 0.2) is 12.2 Å². The first-order valence-electron chi connectivity index (χ1n) is 22.6. The summed E-state index contributed by atoms with van der Waals surface area (Å²) in [5, 5.41) is 76.4. The van der Waals surface area contributed by atoms with Gasteiger partial charge < -0.3 is 64.2 Å². The molecule has 7 aliphatic rings. The number of allylic oxidation sites excluding steroid dienone is 1. The van der Waals surface area contributed by atoms with E-state index >= 15 is 0 Å². The Labute approximate surface area is 352 Å². The van der Waals surface area contributed by atoms with Gasteiger partial charge in [-0.1, -0.05) is 74.0 Å². The molecule has 7 N–H and O–H groups in total. The number of rotatable bonds is 10. The van der Waals surface area contributed by atoms with Gasteiger partial charge in [0.05, 0.1) is 44.2 Å². The van der Waals surface area contributed by atoms with Crippen LogP contribution in [0.1, 0.15) is 114 Å². The summed E-state index contributed by atoms with van der Waals surface area (Å²) in [5.41, 5.74) is -1.53. The highest BCUT2D eigenvalue weighted by Gasteiger charge is 2.76. The minimum atomic E-state index is -1.71. The van der Waals surface area contributed by atoms with Gasteiger partial charge in [-0.25, -0.2) is 0 Å². The molecule has 1 unspecified atom stereocenters. The summed E-state index contributed by atoms with van der Waals surface area (Å²) in [6.07, 6.45) is -3.66. The molecule has 59 heavy (non-hydrogen) atoms. The van der Waals surface area contributed by atoms with E-state index in [1.165, 1.54) is 0 Å². The SMILES string of the molecule is CCC(C)(C)C[C@@H]1[C@]2(C)C(O)C[C@]3(C)[C@@]1(C=C[C@@H]1[C@@]4(C)CC[C@H](O[C@@H]5O[C@H](C)[C@H](O)[C@H](O[C@@H]6O[C@H](CO)[C@@H](O)[C@H](O)[C@H]6O)[C@H]5O)[C@@](C)(COC)[C@@H]4CC[C@]13C)CO[C@H]2C. The number of aliphatic hydroxyl groups excluding tert-OH is 7. The third-order valence-corrected chi connectivity index (χ3v) is 19.0. The molecule has 4 aliphatic carbocycles. The van der Waals surface area contributed by atoms with Crippen molar-refractivity contribution in [1.82, 2.24) is 0 Å². The topological polar surface area (TPSA) is 197 Å². The smallest absolute Gasteiger partial charge is 0.187 e. The Bertz CT molecular complexity index is 1540. The molecule has 2 bridgehead atoms. The van der Waals surface area contributed by atoms with E-state index in [1.54, 1.807) is 14.0 Å². The fourth-order valence-corrected chi connectivity index (χ4v) is 14.5. The van der Waals surface area contributed by atoms with E-state index in [1.807, 2.05) is 0 Å². The maximum atomic E-state index is 12.4. The highest BCUT2D eigenvalue weighted by atomic mass is 16.7. The minimum Gasteiger partial charge on any atom is -0.394 e. The van der Waals surface area contributed by atoms with Gasteiger partial charge in [-0.15, -0.1) is 0 Å². The Morgan fingerprint density at radius 1 is 0.831 bits per heavy atom. The summed E-state index contributed by atoms with van der Waals surface area (Å²) in [6, 6.07) is 0. The van der Waals surface area contributed by atoms with Crippen LogP contribution in [0.3, 0.4) is 0 Å². The van der Waals surface area contributed by atoms with Gasteiger partial charge in [0, 0.05) is 23.4 Å². The van der Waals surface area contributed by atoms with E-state index in [0.717, 1.165) is 38.5 Å². The van der Waals surface area contributed by atoms with E-state index in [0.29, 0.717) is 19.6 Å². The van der Waals surface area contributed by atoms with Gasteiger partial charge in [0.2, 0.25) is 0 Å². The Morgan fingerprint density at radius 2 is 1.51 bits per heavy atom. The lowest BCUT2D eigenvalue weighted by Crippen LogP contribution is -2.75. The minimum absolute atomic E-state index is 0.0463. The second-order valence-corrected chi connectivity index (χ2v) is 22.1. The number of hydrogen-bond acceptors (Lipinski definition) is 13. The average molecular weight is 839 g/mol. The van der Waals surface area contributed by atoms with Gasteiger partial charge in [0.25, 0.3) is 0 Å². The van der Waals surface area contributed by atoms with Crippen LogP contribution in [0, 0.1) is 55.7 Å². The van der Waals surface area contributed by atoms with E-state index in [2.05, 4.69) is 74.5 Å². The van der Waals surface area contributed by atoms with E-state index in [-0.39, 0.29) is 56.3 Å². The van der Waals surface area contributed by atoms with Crippen LogP contribution in [-0.4, -0.2) is 142 Å². The zero-order chi connectivity index (χ0) is 43.5. The van der Waals surface area contributed by atoms with Gasteiger partial charge in [-0.2, -0.15) is 0 Å². The van der Waals surface area contributed by atoms with Crippen molar-refractivity contribution >= 4 is 0 Å². The normalized spacial score (nSPS) is 56.2. The van der Waals surface area contributed by atoms with Gasteiger partial charge in [-0.05, 0) is 91.8 Å². The van der Waals surface area contributed by atoms with Crippen LogP contribution in [-0.2, 0) is 28.4 Å². The first kappa shape index (κ1) is 46.2. The molecular weight excluding hydrogens is 760 g/mol. The lowest BCUT2D eigenvalue weighted by atomic mass is 9.29. The maximum absolute atomic E-state index is 12.4. The van der Waals surface area contributed by atoms with Crippen LogP contribution >= 0.6 is 0 Å². The third-order valence-electron chi connectivity index (χ3n) is 19.0. The fraction of sp³-hybridized carbons (Fsp3) is 0.957. The van der Waals surface area contributed by atoms with Crippen molar-refractivity contribution in [3.05, 3.63) is 12.2 Å². The Morgan fingerprint density at radius 3 is 2.15 bits per heavy atom. The largest absolute Gasteiger partial charge is 0.394 e. The lowest BCUT2D eigenvalue weighted by molar-refractivity contribution is -0.368. The number of hydrogen-bond donors (Lipinski definition) is 7. The number of methoxy groups -OCH3 is 1. The van der Waals surface area contributed by atoms with Crippen LogP contribution in [0.5, 0.6) is 0 Å². The van der Waals surface area contributed by atoms with Crippen LogP contribution in [0.4, 0.5) is 0 Å². The molecule has 0 radical (unpaired) electrons. The molecule has 0 aromatic carbocycles. The molecule has 3 aliphatic heterocycles. The Hall–Kier alpha value is -0.780. The molecule has 3 saturated heterocycles. The van der Waals surface area contributed by atoms with E-state index < -0.39 is 85.6 Å². The molecule has 22 atom stereocenters. The fourth-order valence-electron chi connectivity index (χ4n) is 14.5. The van der Waals surface area contributed by atoms with Gasteiger partial charge in [0.1, 0.15) is 42.7 Å². The molecule has 3 saturated carbocycles. The molecule has 6 fully saturated rings. The molecule has 13 heteroatoms. The predicted octanol–water partition coefficient (Wildman–Crippen LogP) is 3.70. The standard InChI is InChI=1S/C46H78O13/c1-12-40(4,5)19-29-45(10)25(3)55-23-46(29)18-14-28-41(6)16-15-31(42(7,22-54-11)27(41)13-17-43(28,8)44(46,9)20-30(45)48)58-39-36(53)37(32(49)24(2)56-39)59-38-35(52)34(51)33(50)26(21-47)57-38/h14,18,24-39,47-53H,12-13,15-17,19-23H2,1-11H3/t24-,25+,26-,27-,28-,29-,30?,31+,32+,33-,34+,35-,36-,37+,38+,39+,41+,42+,43-,44+,45-,46+/m1/s1. The highest BCUT2D eigenvalue weighted by molar-refractivity contribution is 5.33. The van der Waals surface area contributed by atoms with E-state index in [4.69, 9.17) is 28.4 Å². The summed E-state index contributed by atoms with van der Waals surface area (Å²) >= 11 is 0. The van der Waals surface area contributed by atoms with Gasteiger partial charge >= 0.3 is 0 Å². The summed E-state index contributed by atoms with van der Waals surface area (Å²) in [6.45, 7) is 23.2. The molecule has 3 heterocycles. The summed E-state index contributed by atoms with van der Waals surface area (Å²) in [7, 11) is 1.71. The summed E-state index contributed by atoms with van der Waals surface area (Å²) in [5.74, 6) is 0.622. The van der Waals surface area contributed by atoms with Gasteiger partial charge in [-0.3, -0.25) is 0 Å². The number of aliphatic hydroxyl groups is 7. The molecule has 0 aromatic heterocycles. The van der Waals surface area contributed by atoms with Crippen LogP contribution in [0.2, 0.25) is 0 Å². The first-order valence-corrected chi connectivity index (χ1v) is 22.6. The van der Waals surface area contributed by atoms with Crippen molar-refractivity contribution < 1.29 is 64.2 Å². The van der Waals surface area contributed by atoms with Crippen molar-refractivity contribution in [2.45, 2.75) is 194 Å². The quantitative estimate of drug-likeness (QED) is 0.124. The molecule has 1 spiro atoms. The Balaban J connectivity index is 1.18. The third kappa shape index (κ3) is 6.63. The molecule has 7 rings (SSSR count). The monoisotopic (exact) mass is 839 g/mol. The van der Waals surface area contributed by atoms with Gasteiger partial charge in [0.15, 0.2) is 12.6 Å². The highest BCUT2D eigenvalue weighted by Crippen LogP contribution is 2.79. The first-order chi connectivity index (χ1) is 27.5. The molecule has 13 nitrogen and oxygen atoms in total. The van der Waals surface area contributed by atoms with Crippen molar-refractivity contribution in [2.24, 2.45) is 55.7 Å². The second-order valence-electron chi connectivity index (χ2n) is 22.1. The summed E-state index contributed by atoms with van der Waals surface area (Å²) < 4.78 is 37.3. The Kier molecular flexibility index (Phi) is 12.3. The van der Waals surface area contributed by atoms with Crippen LogP contribution in [0.25, 0.3) is 0 Å². The maximum Gasteiger partial charge on any atom is 0.187 e. The number of ether oxygens (including phenoxy) is 6. The molecule has 0 aromatic rings. The molecule has 340 valence electrons. The van der Waals surface area contributed by atoms with Crippen molar-refractivity contribution in [3.63, 3.8) is 0 Å². The second kappa shape index (κ2) is 15.7. The number of fused-ring (bicyclic) bond motifs is 5. The molecule has 0 amide bonds.